The van der Waals surface area contributed by atoms with Crippen LogP contribution in [0.4, 0.5) is 0 Å². The Kier molecular flexibility index (Phi) is 5.11. The lowest BCUT2D eigenvalue weighted by Crippen LogP contribution is -2.35. The Balaban J connectivity index is 2.23. The van der Waals surface area contributed by atoms with Crippen molar-refractivity contribution in [2.24, 2.45) is 5.92 Å². The molecular weight excluding hydrogens is 268 g/mol. The Morgan fingerprint density at radius 3 is 2.45 bits per heavy atom. The fourth-order valence-corrected chi connectivity index (χ4v) is 3.09. The van der Waals surface area contributed by atoms with Gasteiger partial charge in [0.05, 0.1) is 6.04 Å². The number of carbonyl (C=O) groups excluding carboxylic acids is 1. The number of benzene rings is 1. The fourth-order valence-electron chi connectivity index (χ4n) is 2.68. The van der Waals surface area contributed by atoms with Gasteiger partial charge in [-0.05, 0) is 36.8 Å². The molecule has 3 nitrogen and oxygen atoms in total. The summed E-state index contributed by atoms with van der Waals surface area (Å²) in [6, 6.07) is 8.44. The summed E-state index contributed by atoms with van der Waals surface area (Å²) in [6.07, 6.45) is 3.10. The molecule has 0 radical (unpaired) electrons. The summed E-state index contributed by atoms with van der Waals surface area (Å²) >= 11 is 1.74. The van der Waals surface area contributed by atoms with Crippen LogP contribution in [0.25, 0.3) is 0 Å². The van der Waals surface area contributed by atoms with E-state index in [1.54, 1.807) is 11.8 Å². The highest BCUT2D eigenvalue weighted by Gasteiger charge is 2.40. The zero-order valence-corrected chi connectivity index (χ0v) is 13.5. The van der Waals surface area contributed by atoms with E-state index in [9.17, 15) is 4.79 Å². The number of hydrogen-bond acceptors (Lipinski definition) is 3. The Morgan fingerprint density at radius 2 is 1.95 bits per heavy atom. The van der Waals surface area contributed by atoms with Crippen molar-refractivity contribution in [3.05, 3.63) is 29.8 Å². The average molecular weight is 292 g/mol. The minimum atomic E-state index is -0.0508. The van der Waals surface area contributed by atoms with Crippen molar-refractivity contribution in [1.29, 1.82) is 0 Å². The number of nitrogens with zero attached hydrogens (tertiary/aromatic N) is 1. The molecule has 3 atom stereocenters. The number of amides is 1. The Labute approximate surface area is 126 Å². The van der Waals surface area contributed by atoms with Crippen LogP contribution in [-0.2, 0) is 4.79 Å². The van der Waals surface area contributed by atoms with Crippen LogP contribution >= 0.6 is 11.8 Å². The minimum Gasteiger partial charge on any atom is -0.322 e. The first-order valence-corrected chi connectivity index (χ1v) is 8.55. The smallest absolute Gasteiger partial charge is 0.241 e. The van der Waals surface area contributed by atoms with Crippen LogP contribution in [0.5, 0.6) is 0 Å². The van der Waals surface area contributed by atoms with Gasteiger partial charge < -0.3 is 4.90 Å². The third kappa shape index (κ3) is 2.86. The Hall–Kier alpha value is -1.00. The van der Waals surface area contributed by atoms with Gasteiger partial charge in [0.15, 0.2) is 0 Å². The zero-order valence-electron chi connectivity index (χ0n) is 12.7. The second-order valence-corrected chi connectivity index (χ2v) is 6.21. The molecule has 0 spiro atoms. The first-order chi connectivity index (χ1) is 9.62. The molecule has 1 N–H and O–H groups in total. The number of nitrogens with one attached hydrogen (secondary N) is 1. The summed E-state index contributed by atoms with van der Waals surface area (Å²) in [7, 11) is 0. The van der Waals surface area contributed by atoms with E-state index in [4.69, 9.17) is 0 Å². The van der Waals surface area contributed by atoms with Crippen LogP contribution in [0, 0.1) is 5.92 Å². The maximum Gasteiger partial charge on any atom is 0.241 e. The zero-order chi connectivity index (χ0) is 14.7. The maximum absolute atomic E-state index is 12.5. The lowest BCUT2D eigenvalue weighted by atomic mass is 9.99. The first kappa shape index (κ1) is 15.4. The number of carbonyl (C=O) groups is 1. The van der Waals surface area contributed by atoms with Crippen molar-refractivity contribution in [1.82, 2.24) is 10.2 Å². The van der Waals surface area contributed by atoms with Crippen molar-refractivity contribution in [2.45, 2.75) is 44.3 Å². The molecule has 4 heteroatoms. The predicted octanol–water partition coefficient (Wildman–Crippen LogP) is 3.27. The van der Waals surface area contributed by atoms with E-state index in [1.807, 2.05) is 11.8 Å². The van der Waals surface area contributed by atoms with Gasteiger partial charge in [0.25, 0.3) is 0 Å². The molecule has 1 fully saturated rings. The molecule has 1 aliphatic rings. The summed E-state index contributed by atoms with van der Waals surface area (Å²) in [5.41, 5.74) is 1.17. The molecule has 0 saturated carbocycles. The van der Waals surface area contributed by atoms with E-state index >= 15 is 0 Å². The summed E-state index contributed by atoms with van der Waals surface area (Å²) in [4.78, 5) is 15.7. The van der Waals surface area contributed by atoms with Crippen molar-refractivity contribution in [3.8, 4) is 0 Å². The van der Waals surface area contributed by atoms with Gasteiger partial charge in [0, 0.05) is 11.4 Å². The van der Waals surface area contributed by atoms with Crippen molar-refractivity contribution < 1.29 is 4.79 Å². The topological polar surface area (TPSA) is 32.3 Å². The van der Waals surface area contributed by atoms with Gasteiger partial charge >= 0.3 is 0 Å². The van der Waals surface area contributed by atoms with Gasteiger partial charge in [-0.1, -0.05) is 32.4 Å². The number of hydrogen-bond donors (Lipinski definition) is 1. The molecule has 20 heavy (non-hydrogen) atoms. The van der Waals surface area contributed by atoms with Crippen LogP contribution in [-0.4, -0.2) is 29.6 Å². The van der Waals surface area contributed by atoms with E-state index in [1.165, 1.54) is 10.5 Å². The standard InChI is InChI=1S/C16H24N2OS/c1-5-11(3)14-16(19)18(6-2)15(17-14)12-7-9-13(20-4)10-8-12/h7-11,14-15,17H,5-6H2,1-4H3. The molecule has 0 aromatic heterocycles. The second-order valence-electron chi connectivity index (χ2n) is 5.33. The van der Waals surface area contributed by atoms with Crippen LogP contribution in [0.15, 0.2) is 29.2 Å². The molecule has 1 saturated heterocycles. The van der Waals surface area contributed by atoms with Gasteiger partial charge in [0.2, 0.25) is 5.91 Å². The molecule has 1 aliphatic heterocycles. The predicted molar refractivity (Wildman–Crippen MR) is 84.7 cm³/mol. The molecule has 0 aliphatic carbocycles. The van der Waals surface area contributed by atoms with Crippen LogP contribution in [0.1, 0.15) is 38.9 Å². The molecule has 3 unspecified atom stereocenters. The second kappa shape index (κ2) is 6.64. The van der Waals surface area contributed by atoms with Crippen LogP contribution < -0.4 is 5.32 Å². The van der Waals surface area contributed by atoms with Gasteiger partial charge in [-0.2, -0.15) is 0 Å². The number of likely N-dealkylation sites (N-methyl/N-ethyl adjacent to an activating group) is 1. The number of thioether (sulfide) groups is 1. The maximum atomic E-state index is 12.5. The van der Waals surface area contributed by atoms with Gasteiger partial charge in [-0.25, -0.2) is 0 Å². The monoisotopic (exact) mass is 292 g/mol. The number of rotatable bonds is 5. The average Bonchev–Trinajstić information content (AvgIpc) is 2.83. The molecule has 1 amide bonds. The Bertz CT molecular complexity index is 460. The lowest BCUT2D eigenvalue weighted by Gasteiger charge is -2.23. The lowest BCUT2D eigenvalue weighted by molar-refractivity contribution is -0.130. The quantitative estimate of drug-likeness (QED) is 0.845. The Morgan fingerprint density at radius 1 is 1.30 bits per heavy atom. The first-order valence-electron chi connectivity index (χ1n) is 7.32. The summed E-state index contributed by atoms with van der Waals surface area (Å²) in [5, 5.41) is 3.52. The normalized spacial score (nSPS) is 24.2. The van der Waals surface area contributed by atoms with E-state index in [-0.39, 0.29) is 18.1 Å². The summed E-state index contributed by atoms with van der Waals surface area (Å²) in [6.45, 7) is 7.06. The van der Waals surface area contributed by atoms with E-state index in [0.717, 1.165) is 13.0 Å². The fraction of sp³-hybridized carbons (Fsp3) is 0.562. The van der Waals surface area contributed by atoms with Crippen molar-refractivity contribution in [2.75, 3.05) is 12.8 Å². The largest absolute Gasteiger partial charge is 0.322 e. The minimum absolute atomic E-state index is 0.0161. The molecule has 1 aromatic rings. The van der Waals surface area contributed by atoms with E-state index in [0.29, 0.717) is 5.92 Å². The SMILES string of the molecule is CCC(C)C1NC(c2ccc(SC)cc2)N(CC)C1=O. The van der Waals surface area contributed by atoms with E-state index < -0.39 is 0 Å². The van der Waals surface area contributed by atoms with Crippen LogP contribution in [0.2, 0.25) is 0 Å². The summed E-state index contributed by atoms with van der Waals surface area (Å²) in [5.74, 6) is 0.604. The van der Waals surface area contributed by atoms with Gasteiger partial charge in [-0.15, -0.1) is 11.8 Å². The molecule has 1 heterocycles. The third-order valence-corrected chi connectivity index (χ3v) is 4.93. The van der Waals surface area contributed by atoms with Crippen molar-refractivity contribution >= 4 is 17.7 Å². The molecular formula is C16H24N2OS. The third-order valence-electron chi connectivity index (χ3n) is 4.18. The molecule has 0 bridgehead atoms. The summed E-state index contributed by atoms with van der Waals surface area (Å²) < 4.78 is 0. The highest BCUT2D eigenvalue weighted by atomic mass is 32.2. The molecule has 110 valence electrons. The van der Waals surface area contributed by atoms with Gasteiger partial charge in [0.1, 0.15) is 6.17 Å². The van der Waals surface area contributed by atoms with Gasteiger partial charge in [-0.3, -0.25) is 10.1 Å². The van der Waals surface area contributed by atoms with Crippen LogP contribution in [0.3, 0.4) is 0 Å². The molecule has 2 rings (SSSR count). The van der Waals surface area contributed by atoms with E-state index in [2.05, 4.69) is 49.7 Å². The highest BCUT2D eigenvalue weighted by Crippen LogP contribution is 2.29. The van der Waals surface area contributed by atoms with Crippen molar-refractivity contribution in [3.63, 3.8) is 0 Å². The molecule has 1 aromatic carbocycles. The highest BCUT2D eigenvalue weighted by molar-refractivity contribution is 7.98.